The van der Waals surface area contributed by atoms with Crippen LogP contribution in [0.1, 0.15) is 26.7 Å². The molecule has 0 rings (SSSR count). The third-order valence-electron chi connectivity index (χ3n) is 1.14. The maximum absolute atomic E-state index is 9.19. The number of hydrogen-bond donors (Lipinski definition) is 1. The number of rotatable bonds is 4. The first-order valence-electron chi connectivity index (χ1n) is 3.27. The second kappa shape index (κ2) is 3.85. The maximum atomic E-state index is 9.19. The van der Waals surface area contributed by atoms with Crippen molar-refractivity contribution < 1.29 is 9.84 Å². The molecule has 0 radical (unpaired) electrons. The SMILES string of the molecule is COCCCC(C)(C)O. The molecule has 0 aromatic carbocycles. The Morgan fingerprint density at radius 1 is 1.44 bits per heavy atom. The molecule has 9 heavy (non-hydrogen) atoms. The van der Waals surface area contributed by atoms with E-state index in [2.05, 4.69) is 0 Å². The summed E-state index contributed by atoms with van der Waals surface area (Å²) in [5.74, 6) is 0. The summed E-state index contributed by atoms with van der Waals surface area (Å²) in [7, 11) is 1.67. The van der Waals surface area contributed by atoms with Gasteiger partial charge in [-0.05, 0) is 26.7 Å². The van der Waals surface area contributed by atoms with E-state index < -0.39 is 5.60 Å². The summed E-state index contributed by atoms with van der Waals surface area (Å²) < 4.78 is 4.83. The Morgan fingerprint density at radius 2 is 2.00 bits per heavy atom. The summed E-state index contributed by atoms with van der Waals surface area (Å²) in [6.45, 7) is 4.36. The standard InChI is InChI=1S/C7H16O2/c1-7(2,8)5-4-6-9-3/h8H,4-6H2,1-3H3. The van der Waals surface area contributed by atoms with Crippen LogP contribution in [0.5, 0.6) is 0 Å². The fourth-order valence-electron chi connectivity index (χ4n) is 0.649. The van der Waals surface area contributed by atoms with E-state index in [1.54, 1.807) is 7.11 Å². The molecule has 0 aromatic heterocycles. The van der Waals surface area contributed by atoms with E-state index in [4.69, 9.17) is 4.74 Å². The quantitative estimate of drug-likeness (QED) is 0.582. The molecule has 1 N–H and O–H groups in total. The molecule has 56 valence electrons. The first-order chi connectivity index (χ1) is 4.06. The van der Waals surface area contributed by atoms with Crippen LogP contribution in [0, 0.1) is 0 Å². The Kier molecular flexibility index (Phi) is 3.82. The van der Waals surface area contributed by atoms with Gasteiger partial charge >= 0.3 is 0 Å². The molecule has 0 heterocycles. The van der Waals surface area contributed by atoms with E-state index in [-0.39, 0.29) is 0 Å². The molecule has 0 fully saturated rings. The molecule has 0 unspecified atom stereocenters. The number of ether oxygens (including phenoxy) is 1. The molecule has 0 atom stereocenters. The lowest BCUT2D eigenvalue weighted by Crippen LogP contribution is -2.18. The van der Waals surface area contributed by atoms with Crippen molar-refractivity contribution in [1.82, 2.24) is 0 Å². The molecular weight excluding hydrogens is 116 g/mol. The first-order valence-corrected chi connectivity index (χ1v) is 3.27. The van der Waals surface area contributed by atoms with Crippen molar-refractivity contribution >= 4 is 0 Å². The molecule has 0 bridgehead atoms. The zero-order valence-electron chi connectivity index (χ0n) is 6.48. The Hall–Kier alpha value is -0.0800. The fourth-order valence-corrected chi connectivity index (χ4v) is 0.649. The van der Waals surface area contributed by atoms with Crippen molar-refractivity contribution in [3.05, 3.63) is 0 Å². The van der Waals surface area contributed by atoms with E-state index in [0.717, 1.165) is 19.4 Å². The van der Waals surface area contributed by atoms with Gasteiger partial charge in [0.2, 0.25) is 0 Å². The van der Waals surface area contributed by atoms with Gasteiger partial charge in [-0.25, -0.2) is 0 Å². The second-order valence-electron chi connectivity index (χ2n) is 2.91. The van der Waals surface area contributed by atoms with Gasteiger partial charge in [0.25, 0.3) is 0 Å². The van der Waals surface area contributed by atoms with Crippen LogP contribution in [0.15, 0.2) is 0 Å². The largest absolute Gasteiger partial charge is 0.390 e. The molecule has 0 saturated carbocycles. The minimum absolute atomic E-state index is 0.529. The Morgan fingerprint density at radius 3 is 2.33 bits per heavy atom. The lowest BCUT2D eigenvalue weighted by Gasteiger charge is -2.15. The average Bonchev–Trinajstić information content (AvgIpc) is 1.63. The van der Waals surface area contributed by atoms with Crippen molar-refractivity contribution in [2.24, 2.45) is 0 Å². The molecule has 0 aliphatic heterocycles. The van der Waals surface area contributed by atoms with E-state index in [0.29, 0.717) is 0 Å². The van der Waals surface area contributed by atoms with Gasteiger partial charge in [-0.15, -0.1) is 0 Å². The maximum Gasteiger partial charge on any atom is 0.0592 e. The molecule has 0 aliphatic rings. The summed E-state index contributed by atoms with van der Waals surface area (Å²) in [5, 5.41) is 9.19. The van der Waals surface area contributed by atoms with Gasteiger partial charge in [-0.1, -0.05) is 0 Å². The highest BCUT2D eigenvalue weighted by molar-refractivity contribution is 4.63. The fraction of sp³-hybridized carbons (Fsp3) is 1.00. The van der Waals surface area contributed by atoms with Crippen molar-refractivity contribution in [3.63, 3.8) is 0 Å². The van der Waals surface area contributed by atoms with Crippen LogP contribution in [0.25, 0.3) is 0 Å². The summed E-state index contributed by atoms with van der Waals surface area (Å²) in [5.41, 5.74) is -0.529. The zero-order valence-corrected chi connectivity index (χ0v) is 6.48. The van der Waals surface area contributed by atoms with Crippen LogP contribution in [0.4, 0.5) is 0 Å². The molecule has 0 amide bonds. The van der Waals surface area contributed by atoms with Crippen LogP contribution in [0.2, 0.25) is 0 Å². The highest BCUT2D eigenvalue weighted by atomic mass is 16.5. The van der Waals surface area contributed by atoms with E-state index in [9.17, 15) is 5.11 Å². The highest BCUT2D eigenvalue weighted by Gasteiger charge is 2.10. The minimum Gasteiger partial charge on any atom is -0.390 e. The highest BCUT2D eigenvalue weighted by Crippen LogP contribution is 2.09. The van der Waals surface area contributed by atoms with Crippen molar-refractivity contribution in [1.29, 1.82) is 0 Å². The zero-order chi connectivity index (χ0) is 7.33. The summed E-state index contributed by atoms with van der Waals surface area (Å²) in [6, 6.07) is 0. The molecule has 2 heteroatoms. The number of aliphatic hydroxyl groups is 1. The van der Waals surface area contributed by atoms with Gasteiger partial charge in [0.15, 0.2) is 0 Å². The van der Waals surface area contributed by atoms with Gasteiger partial charge in [0.1, 0.15) is 0 Å². The van der Waals surface area contributed by atoms with E-state index >= 15 is 0 Å². The first kappa shape index (κ1) is 8.92. The van der Waals surface area contributed by atoms with Crippen LogP contribution >= 0.6 is 0 Å². The number of hydrogen-bond acceptors (Lipinski definition) is 2. The second-order valence-corrected chi connectivity index (χ2v) is 2.91. The molecule has 0 saturated heterocycles. The van der Waals surface area contributed by atoms with Gasteiger partial charge in [-0.3, -0.25) is 0 Å². The van der Waals surface area contributed by atoms with Crippen LogP contribution in [0.3, 0.4) is 0 Å². The van der Waals surface area contributed by atoms with Crippen molar-refractivity contribution in [3.8, 4) is 0 Å². The molecule has 0 spiro atoms. The van der Waals surface area contributed by atoms with Gasteiger partial charge in [0, 0.05) is 13.7 Å². The van der Waals surface area contributed by atoms with Crippen LogP contribution in [-0.4, -0.2) is 24.4 Å². The molecular formula is C7H16O2. The monoisotopic (exact) mass is 132 g/mol. The lowest BCUT2D eigenvalue weighted by molar-refractivity contribution is 0.0588. The van der Waals surface area contributed by atoms with E-state index in [1.807, 2.05) is 13.8 Å². The average molecular weight is 132 g/mol. The smallest absolute Gasteiger partial charge is 0.0592 e. The molecule has 0 aromatic rings. The Bertz CT molecular complexity index is 63.8. The summed E-state index contributed by atoms with van der Waals surface area (Å²) in [4.78, 5) is 0. The predicted molar refractivity (Wildman–Crippen MR) is 37.4 cm³/mol. The summed E-state index contributed by atoms with van der Waals surface area (Å²) >= 11 is 0. The third-order valence-corrected chi connectivity index (χ3v) is 1.14. The predicted octanol–water partition coefficient (Wildman–Crippen LogP) is 1.18. The van der Waals surface area contributed by atoms with Gasteiger partial charge < -0.3 is 9.84 Å². The molecule has 2 nitrogen and oxygen atoms in total. The van der Waals surface area contributed by atoms with Crippen LogP contribution in [-0.2, 0) is 4.74 Å². The third kappa shape index (κ3) is 7.92. The lowest BCUT2D eigenvalue weighted by atomic mass is 10.0. The Labute approximate surface area is 56.8 Å². The summed E-state index contributed by atoms with van der Waals surface area (Å²) in [6.07, 6.45) is 1.74. The number of methoxy groups -OCH3 is 1. The van der Waals surface area contributed by atoms with Gasteiger partial charge in [0.05, 0.1) is 5.60 Å². The van der Waals surface area contributed by atoms with Crippen molar-refractivity contribution in [2.75, 3.05) is 13.7 Å². The Balaban J connectivity index is 3.07. The van der Waals surface area contributed by atoms with E-state index in [1.165, 1.54) is 0 Å². The van der Waals surface area contributed by atoms with Crippen molar-refractivity contribution in [2.45, 2.75) is 32.3 Å². The normalized spacial score (nSPS) is 12.0. The van der Waals surface area contributed by atoms with Crippen LogP contribution < -0.4 is 0 Å². The minimum atomic E-state index is -0.529. The molecule has 0 aliphatic carbocycles. The van der Waals surface area contributed by atoms with Gasteiger partial charge in [-0.2, -0.15) is 0 Å². The topological polar surface area (TPSA) is 29.5 Å².